The molecule has 3 aromatic rings. The fourth-order valence-corrected chi connectivity index (χ4v) is 2.45. The Labute approximate surface area is 148 Å². The van der Waals surface area contributed by atoms with Crippen molar-refractivity contribution in [3.05, 3.63) is 71.6 Å². The van der Waals surface area contributed by atoms with Crippen LogP contribution in [0.4, 0.5) is 14.6 Å². The van der Waals surface area contributed by atoms with Crippen molar-refractivity contribution in [2.75, 3.05) is 12.4 Å². The van der Waals surface area contributed by atoms with Gasteiger partial charge in [0.1, 0.15) is 22.9 Å². The van der Waals surface area contributed by atoms with Gasteiger partial charge in [-0.25, -0.2) is 13.8 Å². The molecule has 132 valence electrons. The third-order valence-corrected chi connectivity index (χ3v) is 3.71. The van der Waals surface area contributed by atoms with Crippen LogP contribution < -0.4 is 10.1 Å². The number of methoxy groups -OCH3 is 1. The van der Waals surface area contributed by atoms with Gasteiger partial charge in [0.25, 0.3) is 5.91 Å². The van der Waals surface area contributed by atoms with Crippen molar-refractivity contribution in [1.82, 2.24) is 9.97 Å². The molecule has 26 heavy (non-hydrogen) atoms. The fourth-order valence-electron chi connectivity index (χ4n) is 2.45. The fraction of sp³-hybridized carbons (Fsp3) is 0.105. The van der Waals surface area contributed by atoms with Crippen molar-refractivity contribution in [3.63, 3.8) is 0 Å². The van der Waals surface area contributed by atoms with Crippen LogP contribution in [0.1, 0.15) is 15.9 Å². The Morgan fingerprint density at radius 2 is 1.81 bits per heavy atom. The van der Waals surface area contributed by atoms with Crippen molar-refractivity contribution in [2.45, 2.75) is 6.92 Å². The summed E-state index contributed by atoms with van der Waals surface area (Å²) in [5.74, 6) is -2.12. The quantitative estimate of drug-likeness (QED) is 0.769. The van der Waals surface area contributed by atoms with E-state index in [1.807, 2.05) is 25.1 Å². The second-order valence-electron chi connectivity index (χ2n) is 5.54. The van der Waals surface area contributed by atoms with Crippen molar-refractivity contribution < 1.29 is 18.3 Å². The summed E-state index contributed by atoms with van der Waals surface area (Å²) in [6.07, 6.45) is 2.76. The summed E-state index contributed by atoms with van der Waals surface area (Å²) in [7, 11) is 1.55. The number of anilines is 1. The van der Waals surface area contributed by atoms with Gasteiger partial charge < -0.3 is 10.1 Å². The number of nitrogens with one attached hydrogen (secondary N) is 1. The van der Waals surface area contributed by atoms with E-state index in [-0.39, 0.29) is 5.82 Å². The second kappa shape index (κ2) is 7.26. The number of aryl methyl sites for hydroxylation is 1. The maximum atomic E-state index is 13.7. The molecule has 0 radical (unpaired) electrons. The molecule has 1 N–H and O–H groups in total. The summed E-state index contributed by atoms with van der Waals surface area (Å²) in [6, 6.07) is 8.84. The first-order valence-corrected chi connectivity index (χ1v) is 7.72. The zero-order chi connectivity index (χ0) is 18.7. The Morgan fingerprint density at radius 1 is 1.08 bits per heavy atom. The molecule has 1 heterocycles. The van der Waals surface area contributed by atoms with Crippen LogP contribution in [-0.2, 0) is 0 Å². The largest absolute Gasteiger partial charge is 0.496 e. The van der Waals surface area contributed by atoms with Gasteiger partial charge >= 0.3 is 0 Å². The lowest BCUT2D eigenvalue weighted by Crippen LogP contribution is -2.16. The van der Waals surface area contributed by atoms with E-state index >= 15 is 0 Å². The van der Waals surface area contributed by atoms with Crippen LogP contribution in [0.3, 0.4) is 0 Å². The molecule has 0 bridgehead atoms. The van der Waals surface area contributed by atoms with E-state index in [4.69, 9.17) is 4.74 Å². The summed E-state index contributed by atoms with van der Waals surface area (Å²) in [6.45, 7) is 1.94. The zero-order valence-corrected chi connectivity index (χ0v) is 14.1. The molecule has 0 aliphatic rings. The maximum Gasteiger partial charge on any atom is 0.262 e. The highest BCUT2D eigenvalue weighted by Gasteiger charge is 2.18. The third kappa shape index (κ3) is 3.51. The van der Waals surface area contributed by atoms with Gasteiger partial charge in [-0.2, -0.15) is 0 Å². The van der Waals surface area contributed by atoms with E-state index in [0.717, 1.165) is 23.3 Å². The molecule has 0 saturated carbocycles. The first-order chi connectivity index (χ1) is 12.5. The van der Waals surface area contributed by atoms with E-state index < -0.39 is 23.1 Å². The first-order valence-electron chi connectivity index (χ1n) is 7.72. The standard InChI is InChI=1S/C19H15F2N3O2/c1-11-6-7-16(26-2)12(8-11)15-9-23-17(10-22-15)24-19(25)18-13(20)4-3-5-14(18)21/h3-10H,1-2H3,(H,23,24,25). The SMILES string of the molecule is COc1ccc(C)cc1-c1cnc(NC(=O)c2c(F)cccc2F)cn1. The van der Waals surface area contributed by atoms with E-state index in [2.05, 4.69) is 15.3 Å². The minimum Gasteiger partial charge on any atom is -0.496 e. The lowest BCUT2D eigenvalue weighted by Gasteiger charge is -2.10. The third-order valence-electron chi connectivity index (χ3n) is 3.71. The summed E-state index contributed by atoms with van der Waals surface area (Å²) in [5, 5.41) is 2.33. The minimum absolute atomic E-state index is 0.0769. The smallest absolute Gasteiger partial charge is 0.262 e. The molecular weight excluding hydrogens is 340 g/mol. The van der Waals surface area contributed by atoms with Crippen LogP contribution in [0.25, 0.3) is 11.3 Å². The molecule has 0 unspecified atom stereocenters. The Kier molecular flexibility index (Phi) is 4.88. The van der Waals surface area contributed by atoms with E-state index in [0.29, 0.717) is 11.4 Å². The number of ether oxygens (including phenoxy) is 1. The number of carbonyl (C=O) groups excluding carboxylic acids is 1. The number of hydrogen-bond donors (Lipinski definition) is 1. The lowest BCUT2D eigenvalue weighted by atomic mass is 10.1. The normalized spacial score (nSPS) is 10.5. The Hall–Kier alpha value is -3.35. The number of rotatable bonds is 4. The highest BCUT2D eigenvalue weighted by atomic mass is 19.1. The van der Waals surface area contributed by atoms with Gasteiger partial charge in [0, 0.05) is 5.56 Å². The van der Waals surface area contributed by atoms with Crippen molar-refractivity contribution >= 4 is 11.7 Å². The lowest BCUT2D eigenvalue weighted by molar-refractivity contribution is 0.101. The number of nitrogens with zero attached hydrogens (tertiary/aromatic N) is 2. The summed E-state index contributed by atoms with van der Waals surface area (Å²) in [5.41, 5.74) is 1.65. The summed E-state index contributed by atoms with van der Waals surface area (Å²) < 4.78 is 32.6. The zero-order valence-electron chi connectivity index (χ0n) is 14.1. The van der Waals surface area contributed by atoms with Gasteiger partial charge in [0.2, 0.25) is 0 Å². The molecule has 5 nitrogen and oxygen atoms in total. The molecule has 0 fully saturated rings. The molecule has 0 atom stereocenters. The highest BCUT2D eigenvalue weighted by Crippen LogP contribution is 2.29. The van der Waals surface area contributed by atoms with Crippen LogP contribution in [-0.4, -0.2) is 23.0 Å². The molecule has 2 aromatic carbocycles. The molecule has 7 heteroatoms. The van der Waals surface area contributed by atoms with Gasteiger partial charge in [0.05, 0.1) is 25.2 Å². The van der Waals surface area contributed by atoms with Crippen molar-refractivity contribution in [1.29, 1.82) is 0 Å². The molecule has 1 amide bonds. The number of carbonyl (C=O) groups is 1. The van der Waals surface area contributed by atoms with Gasteiger partial charge in [-0.05, 0) is 31.2 Å². The molecule has 1 aromatic heterocycles. The van der Waals surface area contributed by atoms with Crippen LogP contribution in [0.15, 0.2) is 48.8 Å². The maximum absolute atomic E-state index is 13.7. The predicted molar refractivity (Wildman–Crippen MR) is 93.1 cm³/mol. The second-order valence-corrected chi connectivity index (χ2v) is 5.54. The van der Waals surface area contributed by atoms with Crippen LogP contribution >= 0.6 is 0 Å². The number of hydrogen-bond acceptors (Lipinski definition) is 4. The van der Waals surface area contributed by atoms with E-state index in [9.17, 15) is 13.6 Å². The summed E-state index contributed by atoms with van der Waals surface area (Å²) >= 11 is 0. The molecule has 0 aliphatic heterocycles. The summed E-state index contributed by atoms with van der Waals surface area (Å²) in [4.78, 5) is 20.4. The molecule has 0 aliphatic carbocycles. The van der Waals surface area contributed by atoms with Crippen LogP contribution in [0.2, 0.25) is 0 Å². The molecular formula is C19H15F2N3O2. The molecule has 3 rings (SSSR count). The van der Waals surface area contributed by atoms with Crippen LogP contribution in [0, 0.1) is 18.6 Å². The van der Waals surface area contributed by atoms with E-state index in [1.54, 1.807) is 7.11 Å². The number of halogens is 2. The topological polar surface area (TPSA) is 64.1 Å². The molecule has 0 spiro atoms. The van der Waals surface area contributed by atoms with Gasteiger partial charge in [-0.1, -0.05) is 17.7 Å². The minimum atomic E-state index is -0.948. The Bertz CT molecular complexity index is 939. The highest BCUT2D eigenvalue weighted by molar-refractivity contribution is 6.04. The average molecular weight is 355 g/mol. The predicted octanol–water partition coefficient (Wildman–Crippen LogP) is 3.99. The Balaban J connectivity index is 1.85. The first kappa shape index (κ1) is 17.5. The van der Waals surface area contributed by atoms with Crippen molar-refractivity contribution in [3.8, 4) is 17.0 Å². The van der Waals surface area contributed by atoms with Gasteiger partial charge in [-0.15, -0.1) is 0 Å². The monoisotopic (exact) mass is 355 g/mol. The average Bonchev–Trinajstić information content (AvgIpc) is 2.62. The number of aromatic nitrogens is 2. The van der Waals surface area contributed by atoms with Crippen LogP contribution in [0.5, 0.6) is 5.75 Å². The van der Waals surface area contributed by atoms with E-state index in [1.165, 1.54) is 18.5 Å². The number of amides is 1. The van der Waals surface area contributed by atoms with Gasteiger partial charge in [-0.3, -0.25) is 9.78 Å². The number of benzene rings is 2. The van der Waals surface area contributed by atoms with Crippen molar-refractivity contribution in [2.24, 2.45) is 0 Å². The van der Waals surface area contributed by atoms with Gasteiger partial charge in [0.15, 0.2) is 5.82 Å². The molecule has 0 saturated heterocycles. The Morgan fingerprint density at radius 3 is 2.42 bits per heavy atom.